The molecule has 0 aromatic carbocycles. The van der Waals surface area contributed by atoms with Gasteiger partial charge in [0.05, 0.1) is 7.11 Å². The normalized spacial score (nSPS) is 10.1. The Morgan fingerprint density at radius 3 is 2.60 bits per heavy atom. The summed E-state index contributed by atoms with van der Waals surface area (Å²) in [6.45, 7) is 5.72. The summed E-state index contributed by atoms with van der Waals surface area (Å²) in [6, 6.07) is 0. The van der Waals surface area contributed by atoms with Crippen molar-refractivity contribution < 1.29 is 9.53 Å². The number of ether oxygens (including phenoxy) is 1. The molecule has 0 atom stereocenters. The molecule has 0 aliphatic carbocycles. The lowest BCUT2D eigenvalue weighted by Crippen LogP contribution is -2.21. The van der Waals surface area contributed by atoms with Gasteiger partial charge in [0.1, 0.15) is 0 Å². The molecule has 4 nitrogen and oxygen atoms in total. The smallest absolute Gasteiger partial charge is 0.351 e. The van der Waals surface area contributed by atoms with E-state index in [1.807, 2.05) is 18.7 Å². The van der Waals surface area contributed by atoms with Crippen molar-refractivity contribution in [1.29, 1.82) is 0 Å². The van der Waals surface area contributed by atoms with Gasteiger partial charge in [-0.3, -0.25) is 0 Å². The van der Waals surface area contributed by atoms with Crippen molar-refractivity contribution in [3.63, 3.8) is 0 Å². The van der Waals surface area contributed by atoms with Crippen LogP contribution in [0.3, 0.4) is 0 Å². The van der Waals surface area contributed by atoms with Gasteiger partial charge in [-0.05, 0) is 13.8 Å². The van der Waals surface area contributed by atoms with E-state index >= 15 is 0 Å². The van der Waals surface area contributed by atoms with Crippen molar-refractivity contribution in [3.8, 4) is 0 Å². The molecule has 0 spiro atoms. The van der Waals surface area contributed by atoms with Gasteiger partial charge in [0.15, 0.2) is 15.2 Å². The molecule has 0 bridgehead atoms. The predicted octanol–water partition coefficient (Wildman–Crippen LogP) is 2.43. The number of rotatable bonds is 4. The minimum atomic E-state index is -0.434. The van der Waals surface area contributed by atoms with Gasteiger partial charge in [-0.2, -0.15) is 0 Å². The maximum atomic E-state index is 11.3. The number of carbonyl (C=O) groups is 1. The van der Waals surface area contributed by atoms with Crippen LogP contribution in [0.15, 0.2) is 0 Å². The Kier molecular flexibility index (Phi) is 4.35. The number of halogens is 1. The summed E-state index contributed by atoms with van der Waals surface area (Å²) in [7, 11) is 1.33. The van der Waals surface area contributed by atoms with Crippen molar-refractivity contribution in [2.45, 2.75) is 13.8 Å². The molecule has 0 amide bonds. The summed E-state index contributed by atoms with van der Waals surface area (Å²) in [5.74, 6) is -0.434. The molecule has 0 saturated carbocycles. The Bertz CT molecular complexity index is 350. The van der Waals surface area contributed by atoms with Gasteiger partial charge in [0.2, 0.25) is 0 Å². The van der Waals surface area contributed by atoms with Gasteiger partial charge in [-0.25, -0.2) is 9.78 Å². The van der Waals surface area contributed by atoms with Gasteiger partial charge >= 0.3 is 5.97 Å². The number of thiazole rings is 1. The molecule has 0 radical (unpaired) electrons. The Hall–Kier alpha value is -0.810. The Balaban J connectivity index is 2.99. The van der Waals surface area contributed by atoms with Crippen LogP contribution in [-0.2, 0) is 4.74 Å². The van der Waals surface area contributed by atoms with Crippen LogP contribution in [0, 0.1) is 0 Å². The summed E-state index contributed by atoms with van der Waals surface area (Å²) in [4.78, 5) is 17.8. The van der Waals surface area contributed by atoms with Crippen molar-refractivity contribution >= 4 is 34.0 Å². The average Bonchev–Trinajstić information content (AvgIpc) is 2.61. The summed E-state index contributed by atoms with van der Waals surface area (Å²) in [5, 5.41) is 0.971. The molecule has 6 heteroatoms. The molecule has 0 unspecified atom stereocenters. The van der Waals surface area contributed by atoms with E-state index in [9.17, 15) is 4.79 Å². The van der Waals surface area contributed by atoms with E-state index in [0.29, 0.717) is 4.88 Å². The molecule has 0 aliphatic rings. The lowest BCUT2D eigenvalue weighted by molar-refractivity contribution is 0.0606. The molecular formula is C9H13ClN2O2S. The third kappa shape index (κ3) is 2.60. The second-order valence-corrected chi connectivity index (χ2v) is 4.12. The Labute approximate surface area is 97.8 Å². The molecular weight excluding hydrogens is 236 g/mol. The van der Waals surface area contributed by atoms with Crippen molar-refractivity contribution in [3.05, 3.63) is 10.0 Å². The topological polar surface area (TPSA) is 42.4 Å². The zero-order chi connectivity index (χ0) is 11.4. The number of nitrogens with zero attached hydrogens (tertiary/aromatic N) is 2. The molecule has 1 heterocycles. The summed E-state index contributed by atoms with van der Waals surface area (Å²) < 4.78 is 4.61. The molecule has 0 N–H and O–H groups in total. The van der Waals surface area contributed by atoms with Crippen molar-refractivity contribution in [2.24, 2.45) is 0 Å². The SMILES string of the molecule is CCN(CC)c1nc(Cl)c(C(=O)OC)s1. The fourth-order valence-electron chi connectivity index (χ4n) is 1.14. The highest BCUT2D eigenvalue weighted by Gasteiger charge is 2.19. The van der Waals surface area contributed by atoms with E-state index in [-0.39, 0.29) is 5.15 Å². The van der Waals surface area contributed by atoms with E-state index in [4.69, 9.17) is 11.6 Å². The van der Waals surface area contributed by atoms with E-state index in [1.165, 1.54) is 18.4 Å². The van der Waals surface area contributed by atoms with Gasteiger partial charge in [0, 0.05) is 13.1 Å². The number of esters is 1. The van der Waals surface area contributed by atoms with Crippen LogP contribution >= 0.6 is 22.9 Å². The minimum Gasteiger partial charge on any atom is -0.465 e. The highest BCUT2D eigenvalue weighted by atomic mass is 35.5. The minimum absolute atomic E-state index is 0.216. The first-order chi connectivity index (χ1) is 7.13. The lowest BCUT2D eigenvalue weighted by Gasteiger charge is -2.16. The van der Waals surface area contributed by atoms with E-state index in [0.717, 1.165) is 18.2 Å². The number of anilines is 1. The highest BCUT2D eigenvalue weighted by Crippen LogP contribution is 2.29. The Morgan fingerprint density at radius 2 is 2.13 bits per heavy atom. The van der Waals surface area contributed by atoms with Crippen LogP contribution < -0.4 is 4.90 Å². The summed E-state index contributed by atoms with van der Waals surface area (Å²) >= 11 is 7.11. The van der Waals surface area contributed by atoms with Crippen LogP contribution in [0.2, 0.25) is 5.15 Å². The first kappa shape index (κ1) is 12.3. The van der Waals surface area contributed by atoms with Gasteiger partial charge in [-0.15, -0.1) is 0 Å². The first-order valence-electron chi connectivity index (χ1n) is 4.63. The molecule has 15 heavy (non-hydrogen) atoms. The predicted molar refractivity (Wildman–Crippen MR) is 62.0 cm³/mol. The fourth-order valence-corrected chi connectivity index (χ4v) is 2.47. The van der Waals surface area contributed by atoms with E-state index in [2.05, 4.69) is 9.72 Å². The number of methoxy groups -OCH3 is 1. The second-order valence-electron chi connectivity index (χ2n) is 2.78. The fraction of sp³-hybridized carbons (Fsp3) is 0.556. The quantitative estimate of drug-likeness (QED) is 0.768. The van der Waals surface area contributed by atoms with Crippen LogP contribution in [0.4, 0.5) is 5.13 Å². The standard InChI is InChI=1S/C9H13ClN2O2S/c1-4-12(5-2)9-11-7(10)6(15-9)8(13)14-3/h4-5H2,1-3H3. The maximum absolute atomic E-state index is 11.3. The van der Waals surface area contributed by atoms with Crippen molar-refractivity contribution in [1.82, 2.24) is 4.98 Å². The van der Waals surface area contributed by atoms with Crippen LogP contribution in [0.5, 0.6) is 0 Å². The van der Waals surface area contributed by atoms with Crippen LogP contribution in [-0.4, -0.2) is 31.2 Å². The van der Waals surface area contributed by atoms with E-state index < -0.39 is 5.97 Å². The summed E-state index contributed by atoms with van der Waals surface area (Å²) in [5.41, 5.74) is 0. The zero-order valence-corrected chi connectivity index (χ0v) is 10.5. The van der Waals surface area contributed by atoms with Crippen LogP contribution in [0.1, 0.15) is 23.5 Å². The number of hydrogen-bond acceptors (Lipinski definition) is 5. The molecule has 0 fully saturated rings. The average molecular weight is 249 g/mol. The van der Waals surface area contributed by atoms with Crippen molar-refractivity contribution in [2.75, 3.05) is 25.1 Å². The van der Waals surface area contributed by atoms with Gasteiger partial charge < -0.3 is 9.64 Å². The Morgan fingerprint density at radius 1 is 1.53 bits per heavy atom. The molecule has 1 aromatic heterocycles. The zero-order valence-electron chi connectivity index (χ0n) is 8.91. The van der Waals surface area contributed by atoms with E-state index in [1.54, 1.807) is 0 Å². The second kappa shape index (κ2) is 5.32. The monoisotopic (exact) mass is 248 g/mol. The van der Waals surface area contributed by atoms with Gasteiger partial charge in [-0.1, -0.05) is 22.9 Å². The first-order valence-corrected chi connectivity index (χ1v) is 5.83. The number of hydrogen-bond donors (Lipinski definition) is 0. The largest absolute Gasteiger partial charge is 0.465 e. The molecule has 84 valence electrons. The molecule has 0 aliphatic heterocycles. The van der Waals surface area contributed by atoms with Crippen LogP contribution in [0.25, 0.3) is 0 Å². The van der Waals surface area contributed by atoms with Gasteiger partial charge in [0.25, 0.3) is 0 Å². The molecule has 0 saturated heterocycles. The number of carbonyl (C=O) groups excluding carboxylic acids is 1. The summed E-state index contributed by atoms with van der Waals surface area (Å²) in [6.07, 6.45) is 0. The highest BCUT2D eigenvalue weighted by molar-refractivity contribution is 7.18. The molecule has 1 aromatic rings. The maximum Gasteiger partial charge on any atom is 0.351 e. The third-order valence-electron chi connectivity index (χ3n) is 1.98. The lowest BCUT2D eigenvalue weighted by atomic mass is 10.5. The third-order valence-corrected chi connectivity index (χ3v) is 3.46. The molecule has 1 rings (SSSR count). The number of aromatic nitrogens is 1.